The summed E-state index contributed by atoms with van der Waals surface area (Å²) >= 11 is 12.8. The Morgan fingerprint density at radius 1 is 0.873 bits per heavy atom. The molecule has 63 heavy (non-hydrogen) atoms. The SMILES string of the molecule is COc1cc(Nc2c(C#N)cnc3cc(OCCCN4CCC(CN5CC6CCC5CN6c5ccc6c(c5)C(=O)N(C5CCC(=O)NC5=O)C6=O)CC4)c(OC)cc23)c(Cl)cc1Cl. The van der Waals surface area contributed by atoms with Gasteiger partial charge >= 0.3 is 0 Å². The van der Waals surface area contributed by atoms with E-state index in [0.29, 0.717) is 90.9 Å². The minimum atomic E-state index is -0.974. The van der Waals surface area contributed by atoms with Crippen molar-refractivity contribution >= 4 is 74.8 Å². The molecule has 6 aliphatic rings. The summed E-state index contributed by atoms with van der Waals surface area (Å²) < 4.78 is 17.4. The number of carbonyl (C=O) groups is 4. The first-order valence-electron chi connectivity index (χ1n) is 21.5. The number of nitriles is 1. The number of imide groups is 2. The zero-order chi connectivity index (χ0) is 43.9. The number of amides is 4. The van der Waals surface area contributed by atoms with Gasteiger partial charge in [-0.2, -0.15) is 5.26 Å². The minimum absolute atomic E-state index is 0.0931. The number of fused-ring (bicyclic) bond motifs is 5. The van der Waals surface area contributed by atoms with E-state index in [1.54, 1.807) is 25.3 Å². The number of methoxy groups -OCH3 is 2. The lowest BCUT2D eigenvalue weighted by atomic mass is 9.87. The van der Waals surface area contributed by atoms with Gasteiger partial charge in [0.05, 0.1) is 64.5 Å². The van der Waals surface area contributed by atoms with Crippen molar-refractivity contribution in [1.29, 1.82) is 5.26 Å². The van der Waals surface area contributed by atoms with Gasteiger partial charge in [-0.05, 0) is 87.9 Å². The standard InChI is InChI=1S/C46H48Cl2N8O7/c1-61-39-20-37(34(47)18-35(39)48)51-43-27(21-49)22-50-36-19-41(40(62-2)17-33(36)43)63-15-3-12-53-13-10-26(11-14-53)23-54-24-30-5-4-29(54)25-55(30)28-6-7-31-32(16-28)46(60)56(45(31)59)38-8-9-42(57)52-44(38)58/h6-7,16-20,22,26,29-30,38H,3-5,8-15,23-25H2,1-2H3,(H,50,51)(H,52,57,58). The topological polar surface area (TPSA) is 170 Å². The largest absolute Gasteiger partial charge is 0.495 e. The van der Waals surface area contributed by atoms with E-state index >= 15 is 0 Å². The molecule has 3 aromatic carbocycles. The number of aromatic nitrogens is 1. The van der Waals surface area contributed by atoms with Crippen molar-refractivity contribution in [3.05, 3.63) is 75.4 Å². The van der Waals surface area contributed by atoms with E-state index in [-0.39, 0.29) is 18.7 Å². The number of benzene rings is 3. The second-order valence-corrected chi connectivity index (χ2v) is 17.7. The number of pyridine rings is 1. The van der Waals surface area contributed by atoms with Crippen LogP contribution in [-0.2, 0) is 9.59 Å². The number of piperazine rings is 1. The summed E-state index contributed by atoms with van der Waals surface area (Å²) in [6, 6.07) is 14.3. The Kier molecular flexibility index (Phi) is 12.1. The molecule has 17 heteroatoms. The van der Waals surface area contributed by atoms with Crippen LogP contribution in [0.2, 0.25) is 10.0 Å². The Morgan fingerprint density at radius 3 is 2.38 bits per heavy atom. The smallest absolute Gasteiger partial charge is 0.262 e. The third kappa shape index (κ3) is 8.33. The molecule has 10 rings (SSSR count). The van der Waals surface area contributed by atoms with Crippen LogP contribution < -0.4 is 29.7 Å². The lowest BCUT2D eigenvalue weighted by molar-refractivity contribution is -0.136. The quantitative estimate of drug-likeness (QED) is 0.112. The van der Waals surface area contributed by atoms with Gasteiger partial charge in [-0.3, -0.25) is 39.3 Å². The first-order valence-corrected chi connectivity index (χ1v) is 22.2. The van der Waals surface area contributed by atoms with Crippen LogP contribution in [0.3, 0.4) is 0 Å². The Labute approximate surface area is 375 Å². The van der Waals surface area contributed by atoms with E-state index in [1.165, 1.54) is 13.3 Å². The number of hydrogen-bond donors (Lipinski definition) is 2. The number of hydrogen-bond acceptors (Lipinski definition) is 13. The molecule has 0 saturated carbocycles. The van der Waals surface area contributed by atoms with Crippen LogP contribution in [-0.4, -0.2) is 122 Å². The second-order valence-electron chi connectivity index (χ2n) is 16.9. The minimum Gasteiger partial charge on any atom is -0.495 e. The van der Waals surface area contributed by atoms with E-state index in [2.05, 4.69) is 36.4 Å². The van der Waals surface area contributed by atoms with E-state index < -0.39 is 23.8 Å². The van der Waals surface area contributed by atoms with Gasteiger partial charge in [-0.15, -0.1) is 0 Å². The summed E-state index contributed by atoms with van der Waals surface area (Å²) in [5.41, 5.74) is 3.56. The van der Waals surface area contributed by atoms with Gasteiger partial charge in [0.25, 0.3) is 11.8 Å². The number of nitrogens with one attached hydrogen (secondary N) is 2. The predicted octanol–water partition coefficient (Wildman–Crippen LogP) is 6.41. The second kappa shape index (κ2) is 17.8. The third-order valence-electron chi connectivity index (χ3n) is 13.2. The van der Waals surface area contributed by atoms with Crippen molar-refractivity contribution in [2.45, 2.75) is 63.1 Å². The highest BCUT2D eigenvalue weighted by molar-refractivity contribution is 6.37. The average molecular weight is 896 g/mol. The Hall–Kier alpha value is -5.66. The maximum atomic E-state index is 13.5. The van der Waals surface area contributed by atoms with Crippen LogP contribution in [0, 0.1) is 17.2 Å². The first-order chi connectivity index (χ1) is 30.5. The molecule has 4 aromatic rings. The molecular formula is C46H48Cl2N8O7. The molecule has 0 spiro atoms. The number of likely N-dealkylation sites (tertiary alicyclic amines) is 1. The van der Waals surface area contributed by atoms with Crippen LogP contribution in [0.5, 0.6) is 17.2 Å². The van der Waals surface area contributed by atoms with Crippen LogP contribution >= 0.6 is 23.2 Å². The number of piperidine rings is 4. The summed E-state index contributed by atoms with van der Waals surface area (Å²) in [6.07, 6.45) is 7.09. The molecule has 1 aromatic heterocycles. The number of anilines is 3. The third-order valence-corrected chi connectivity index (χ3v) is 13.9. The summed E-state index contributed by atoms with van der Waals surface area (Å²) in [7, 11) is 3.10. The molecule has 2 bridgehead atoms. The molecule has 6 aliphatic heterocycles. The molecule has 2 N–H and O–H groups in total. The summed E-state index contributed by atoms with van der Waals surface area (Å²) in [5.74, 6) is 0.221. The fraction of sp³-hybridized carbons (Fsp3) is 0.435. The van der Waals surface area contributed by atoms with Crippen LogP contribution in [0.15, 0.2) is 48.7 Å². The Balaban J connectivity index is 0.756. The lowest BCUT2D eigenvalue weighted by Gasteiger charge is -2.53. The molecule has 0 aliphatic carbocycles. The van der Waals surface area contributed by atoms with Crippen LogP contribution in [0.1, 0.15) is 71.2 Å². The number of ether oxygens (including phenoxy) is 3. The van der Waals surface area contributed by atoms with Crippen LogP contribution in [0.25, 0.3) is 10.9 Å². The molecule has 7 heterocycles. The molecular weight excluding hydrogens is 847 g/mol. The van der Waals surface area contributed by atoms with Crippen molar-refractivity contribution in [2.75, 3.05) is 70.3 Å². The van der Waals surface area contributed by atoms with Crippen molar-refractivity contribution in [3.63, 3.8) is 0 Å². The molecule has 0 radical (unpaired) electrons. The van der Waals surface area contributed by atoms with Gasteiger partial charge in [-0.1, -0.05) is 23.2 Å². The Morgan fingerprint density at radius 2 is 1.65 bits per heavy atom. The highest BCUT2D eigenvalue weighted by Gasteiger charge is 2.46. The van der Waals surface area contributed by atoms with Gasteiger partial charge in [0, 0.05) is 74.1 Å². The number of rotatable bonds is 13. The average Bonchev–Trinajstić information content (AvgIpc) is 3.54. The number of carbonyl (C=O) groups excluding carboxylic acids is 4. The monoisotopic (exact) mass is 894 g/mol. The molecule has 15 nitrogen and oxygen atoms in total. The molecule has 3 atom stereocenters. The maximum absolute atomic E-state index is 13.5. The zero-order valence-electron chi connectivity index (χ0n) is 35.1. The molecule has 4 amide bonds. The normalized spacial score (nSPS) is 21.7. The molecule has 328 valence electrons. The molecule has 3 unspecified atom stereocenters. The van der Waals surface area contributed by atoms with Crippen molar-refractivity contribution in [3.8, 4) is 23.3 Å². The van der Waals surface area contributed by atoms with E-state index in [1.807, 2.05) is 24.3 Å². The van der Waals surface area contributed by atoms with Crippen LogP contribution in [0.4, 0.5) is 17.1 Å². The lowest BCUT2D eigenvalue weighted by Crippen LogP contribution is -2.63. The fourth-order valence-electron chi connectivity index (χ4n) is 9.90. The van der Waals surface area contributed by atoms with Gasteiger partial charge in [0.2, 0.25) is 11.8 Å². The highest BCUT2D eigenvalue weighted by Crippen LogP contribution is 2.41. The van der Waals surface area contributed by atoms with Crippen molar-refractivity contribution in [1.82, 2.24) is 25.0 Å². The molecule has 5 saturated heterocycles. The summed E-state index contributed by atoms with van der Waals surface area (Å²) in [5, 5.41) is 16.9. The van der Waals surface area contributed by atoms with Gasteiger partial charge in [0.15, 0.2) is 11.5 Å². The number of halogens is 2. The summed E-state index contributed by atoms with van der Waals surface area (Å²) in [6.45, 7) is 6.42. The highest BCUT2D eigenvalue weighted by atomic mass is 35.5. The number of nitrogens with zero attached hydrogens (tertiary/aromatic N) is 6. The van der Waals surface area contributed by atoms with Crippen molar-refractivity contribution < 1.29 is 33.4 Å². The van der Waals surface area contributed by atoms with E-state index in [0.717, 1.165) is 82.0 Å². The van der Waals surface area contributed by atoms with E-state index in [9.17, 15) is 24.4 Å². The Bertz CT molecular complexity index is 2540. The zero-order valence-corrected chi connectivity index (χ0v) is 36.6. The molecule has 5 fully saturated rings. The van der Waals surface area contributed by atoms with Gasteiger partial charge < -0.3 is 29.3 Å². The van der Waals surface area contributed by atoms with E-state index in [4.69, 9.17) is 37.4 Å². The maximum Gasteiger partial charge on any atom is 0.262 e. The van der Waals surface area contributed by atoms with Gasteiger partial charge in [-0.25, -0.2) is 0 Å². The summed E-state index contributed by atoms with van der Waals surface area (Å²) in [4.78, 5) is 64.1. The predicted molar refractivity (Wildman–Crippen MR) is 237 cm³/mol. The van der Waals surface area contributed by atoms with Crippen molar-refractivity contribution in [2.24, 2.45) is 5.92 Å². The fourth-order valence-corrected chi connectivity index (χ4v) is 10.4. The first kappa shape index (κ1) is 42.6. The van der Waals surface area contributed by atoms with Gasteiger partial charge in [0.1, 0.15) is 17.9 Å².